The second kappa shape index (κ2) is 7.77. The molecule has 0 aromatic heterocycles. The van der Waals surface area contributed by atoms with Gasteiger partial charge in [0.05, 0.1) is 18.6 Å². The number of ketones is 1. The van der Waals surface area contributed by atoms with Crippen molar-refractivity contribution in [3.63, 3.8) is 0 Å². The van der Waals surface area contributed by atoms with E-state index in [1.54, 1.807) is 19.2 Å². The van der Waals surface area contributed by atoms with E-state index < -0.39 is 16.9 Å². The van der Waals surface area contributed by atoms with Crippen LogP contribution >= 0.6 is 0 Å². The number of nitrogens with one attached hydrogen (secondary N) is 2. The lowest BCUT2D eigenvalue weighted by atomic mass is 9.57. The quantitative estimate of drug-likeness (QED) is 0.516. The zero-order valence-corrected chi connectivity index (χ0v) is 21.6. The average Bonchev–Trinajstić information content (AvgIpc) is 3.63. The van der Waals surface area contributed by atoms with Crippen LogP contribution in [0.3, 0.4) is 0 Å². The number of aryl methyl sites for hydroxylation is 2. The summed E-state index contributed by atoms with van der Waals surface area (Å²) in [6.07, 6.45) is 1.56. The van der Waals surface area contributed by atoms with Gasteiger partial charge in [0.2, 0.25) is 5.91 Å². The molecule has 2 spiro atoms. The van der Waals surface area contributed by atoms with Gasteiger partial charge in [-0.2, -0.15) is 0 Å². The number of rotatable bonds is 3. The summed E-state index contributed by atoms with van der Waals surface area (Å²) in [5, 5.41) is 6.25. The van der Waals surface area contributed by atoms with Crippen LogP contribution in [0.25, 0.3) is 0 Å². The van der Waals surface area contributed by atoms with E-state index in [1.807, 2.05) is 62.4 Å². The highest BCUT2D eigenvalue weighted by molar-refractivity contribution is 6.21. The number of anilines is 2. The van der Waals surface area contributed by atoms with Crippen LogP contribution in [0.1, 0.15) is 45.5 Å². The second-order valence-corrected chi connectivity index (χ2v) is 10.9. The molecule has 2 N–H and O–H groups in total. The first-order valence-corrected chi connectivity index (χ1v) is 13.2. The first-order chi connectivity index (χ1) is 18.4. The van der Waals surface area contributed by atoms with Crippen molar-refractivity contribution in [2.24, 2.45) is 5.92 Å². The summed E-state index contributed by atoms with van der Waals surface area (Å²) in [6.45, 7) is 4.61. The van der Waals surface area contributed by atoms with Crippen molar-refractivity contribution >= 4 is 29.0 Å². The molecule has 3 aromatic rings. The Labute approximate surface area is 221 Å². The maximum atomic E-state index is 14.8. The van der Waals surface area contributed by atoms with Crippen molar-refractivity contribution in [1.82, 2.24) is 4.90 Å². The van der Waals surface area contributed by atoms with E-state index in [4.69, 9.17) is 4.74 Å². The van der Waals surface area contributed by atoms with Gasteiger partial charge in [-0.3, -0.25) is 19.3 Å². The largest absolute Gasteiger partial charge is 0.496 e. The zero-order chi connectivity index (χ0) is 26.4. The molecule has 3 aromatic carbocycles. The molecule has 0 aliphatic carbocycles. The van der Waals surface area contributed by atoms with Gasteiger partial charge >= 0.3 is 0 Å². The Morgan fingerprint density at radius 1 is 0.974 bits per heavy atom. The number of ether oxygens (including phenoxy) is 1. The molecule has 4 aliphatic rings. The predicted octanol–water partition coefficient (Wildman–Crippen LogP) is 4.33. The van der Waals surface area contributed by atoms with Crippen LogP contribution in [0, 0.1) is 19.8 Å². The molecule has 192 valence electrons. The molecule has 4 aliphatic heterocycles. The number of methoxy groups -OCH3 is 1. The molecule has 7 nitrogen and oxygen atoms in total. The molecular formula is C31H29N3O4. The van der Waals surface area contributed by atoms with Crippen LogP contribution in [0.15, 0.2) is 60.7 Å². The molecule has 7 heteroatoms. The van der Waals surface area contributed by atoms with Gasteiger partial charge in [0.15, 0.2) is 5.78 Å². The Morgan fingerprint density at radius 2 is 1.74 bits per heavy atom. The van der Waals surface area contributed by atoms with Gasteiger partial charge in [-0.15, -0.1) is 0 Å². The van der Waals surface area contributed by atoms with Crippen molar-refractivity contribution in [1.29, 1.82) is 0 Å². The number of amides is 2. The van der Waals surface area contributed by atoms with Crippen LogP contribution in [0.4, 0.5) is 11.4 Å². The van der Waals surface area contributed by atoms with Gasteiger partial charge < -0.3 is 15.4 Å². The second-order valence-electron chi connectivity index (χ2n) is 10.9. The fraction of sp³-hybridized carbons (Fsp3) is 0.323. The van der Waals surface area contributed by atoms with E-state index >= 15 is 0 Å². The first-order valence-electron chi connectivity index (χ1n) is 13.2. The number of hydrogen-bond donors (Lipinski definition) is 2. The van der Waals surface area contributed by atoms with Crippen molar-refractivity contribution in [3.8, 4) is 5.75 Å². The molecule has 38 heavy (non-hydrogen) atoms. The number of para-hydroxylation sites is 2. The Bertz CT molecular complexity index is 1560. The molecule has 2 amide bonds. The predicted molar refractivity (Wildman–Crippen MR) is 144 cm³/mol. The lowest BCUT2D eigenvalue weighted by molar-refractivity contribution is -0.137. The Hall–Kier alpha value is -3.97. The number of Topliss-reactive ketones (excluding diaryl/α,β-unsaturated/α-hetero) is 1. The molecule has 2 saturated heterocycles. The summed E-state index contributed by atoms with van der Waals surface area (Å²) < 4.78 is 5.60. The smallest absolute Gasteiger partial charge is 0.251 e. The maximum Gasteiger partial charge on any atom is 0.251 e. The van der Waals surface area contributed by atoms with E-state index in [1.165, 1.54) is 0 Å². The summed E-state index contributed by atoms with van der Waals surface area (Å²) in [4.78, 5) is 46.0. The van der Waals surface area contributed by atoms with Crippen LogP contribution < -0.4 is 15.4 Å². The molecule has 4 atom stereocenters. The van der Waals surface area contributed by atoms with Gasteiger partial charge in [-0.05, 0) is 62.6 Å². The monoisotopic (exact) mass is 507 g/mol. The Morgan fingerprint density at radius 3 is 2.55 bits per heavy atom. The fourth-order valence-electron chi connectivity index (χ4n) is 8.05. The SMILES string of the molecule is COc1ccccc1C(=O)C1C2CCCN2C2(C(=O)Nc3c(C)cc(C)cc32)C12C(=O)Nc1ccccc12. The van der Waals surface area contributed by atoms with E-state index in [9.17, 15) is 14.4 Å². The molecule has 4 heterocycles. The van der Waals surface area contributed by atoms with Gasteiger partial charge in [0.25, 0.3) is 5.91 Å². The summed E-state index contributed by atoms with van der Waals surface area (Å²) in [5.41, 5.74) is 2.45. The highest BCUT2D eigenvalue weighted by Crippen LogP contribution is 2.68. The van der Waals surface area contributed by atoms with Crippen LogP contribution in [0.5, 0.6) is 5.75 Å². The summed E-state index contributed by atoms with van der Waals surface area (Å²) in [6, 6.07) is 18.5. The Kier molecular flexibility index (Phi) is 4.74. The minimum Gasteiger partial charge on any atom is -0.496 e. The van der Waals surface area contributed by atoms with Gasteiger partial charge in [-0.1, -0.05) is 48.0 Å². The standard InChI is InChI=1S/C31H29N3O4/c1-17-15-18(2)26-21(16-17)31(29(37)33-26)30(20-10-5-6-11-22(20)32-28(30)36)25(23-12-8-14-34(23)31)27(35)19-9-4-7-13-24(19)38-3/h4-7,9-11,13,15-16,23,25H,8,12,14H2,1-3H3,(H,32,36)(H,33,37). The van der Waals surface area contributed by atoms with Gasteiger partial charge in [-0.25, -0.2) is 0 Å². The van der Waals surface area contributed by atoms with Crippen molar-refractivity contribution in [2.45, 2.75) is 43.7 Å². The molecule has 4 unspecified atom stereocenters. The topological polar surface area (TPSA) is 87.7 Å². The fourth-order valence-corrected chi connectivity index (χ4v) is 8.05. The van der Waals surface area contributed by atoms with Crippen molar-refractivity contribution < 1.29 is 19.1 Å². The average molecular weight is 508 g/mol. The molecule has 2 fully saturated rings. The lowest BCUT2D eigenvalue weighted by Crippen LogP contribution is -2.62. The van der Waals surface area contributed by atoms with E-state index in [0.717, 1.165) is 35.2 Å². The molecule has 0 radical (unpaired) electrons. The number of carbonyl (C=O) groups excluding carboxylic acids is 3. The number of fused-ring (bicyclic) bond motifs is 7. The number of carbonyl (C=O) groups is 3. The van der Waals surface area contributed by atoms with E-state index in [0.29, 0.717) is 29.1 Å². The number of benzene rings is 3. The minimum absolute atomic E-state index is 0.172. The highest BCUT2D eigenvalue weighted by Gasteiger charge is 2.81. The summed E-state index contributed by atoms with van der Waals surface area (Å²) in [5.74, 6) is -1.04. The third kappa shape index (κ3) is 2.50. The molecule has 7 rings (SSSR count). The first kappa shape index (κ1) is 23.2. The van der Waals surface area contributed by atoms with Crippen LogP contribution in [-0.4, -0.2) is 42.2 Å². The third-order valence-electron chi connectivity index (χ3n) is 9.20. The Balaban J connectivity index is 1.61. The van der Waals surface area contributed by atoms with Gasteiger partial charge in [0.1, 0.15) is 16.7 Å². The molecule has 0 saturated carbocycles. The molecular weight excluding hydrogens is 478 g/mol. The van der Waals surface area contributed by atoms with E-state index in [2.05, 4.69) is 15.5 Å². The maximum absolute atomic E-state index is 14.8. The van der Waals surface area contributed by atoms with Crippen molar-refractivity contribution in [3.05, 3.63) is 88.5 Å². The number of hydrogen-bond acceptors (Lipinski definition) is 5. The van der Waals surface area contributed by atoms with Crippen LogP contribution in [-0.2, 0) is 20.5 Å². The number of nitrogens with zero attached hydrogens (tertiary/aromatic N) is 1. The normalized spacial score (nSPS) is 28.8. The van der Waals surface area contributed by atoms with Crippen LogP contribution in [0.2, 0.25) is 0 Å². The lowest BCUT2D eigenvalue weighted by Gasteiger charge is -2.43. The highest BCUT2D eigenvalue weighted by atomic mass is 16.5. The van der Waals surface area contributed by atoms with Crippen molar-refractivity contribution in [2.75, 3.05) is 24.3 Å². The van der Waals surface area contributed by atoms with E-state index in [-0.39, 0.29) is 23.6 Å². The minimum atomic E-state index is -1.46. The summed E-state index contributed by atoms with van der Waals surface area (Å²) in [7, 11) is 1.55. The molecule has 0 bridgehead atoms. The van der Waals surface area contributed by atoms with Gasteiger partial charge in [0, 0.05) is 23.0 Å². The zero-order valence-electron chi connectivity index (χ0n) is 21.6. The summed E-state index contributed by atoms with van der Waals surface area (Å²) >= 11 is 0. The third-order valence-corrected chi connectivity index (χ3v) is 9.20.